The second kappa shape index (κ2) is 9.39. The van der Waals surface area contributed by atoms with Crippen LogP contribution in [0.5, 0.6) is 0 Å². The number of alkyl carbamates (subject to hydrolysis) is 1. The highest BCUT2D eigenvalue weighted by Crippen LogP contribution is 2.43. The first-order valence-corrected chi connectivity index (χ1v) is 11.4. The van der Waals surface area contributed by atoms with E-state index in [0.29, 0.717) is 19.7 Å². The van der Waals surface area contributed by atoms with Crippen LogP contribution in [0.1, 0.15) is 36.5 Å². The van der Waals surface area contributed by atoms with Crippen molar-refractivity contribution >= 4 is 29.3 Å². The summed E-state index contributed by atoms with van der Waals surface area (Å²) in [6, 6.07) is 17.3. The fourth-order valence-corrected chi connectivity index (χ4v) is 5.15. The summed E-state index contributed by atoms with van der Waals surface area (Å²) in [6.07, 6.45) is 1.14. The van der Waals surface area contributed by atoms with Crippen LogP contribution in [0.15, 0.2) is 59.0 Å². The van der Waals surface area contributed by atoms with Crippen LogP contribution in [0.25, 0.3) is 5.57 Å². The first-order chi connectivity index (χ1) is 14.7. The van der Waals surface area contributed by atoms with Gasteiger partial charge in [-0.2, -0.15) is 0 Å². The molecule has 2 aromatic carbocycles. The molecule has 2 aromatic rings. The monoisotopic (exact) mass is 422 g/mol. The highest BCUT2D eigenvalue weighted by Gasteiger charge is 2.25. The molecule has 2 amide bonds. The highest BCUT2D eigenvalue weighted by atomic mass is 32.2. The van der Waals surface area contributed by atoms with Crippen LogP contribution >= 0.6 is 11.8 Å². The summed E-state index contributed by atoms with van der Waals surface area (Å²) in [7, 11) is 0. The fraction of sp³-hybridized carbons (Fsp3) is 0.333. The molecule has 4 rings (SSSR count). The quantitative estimate of drug-likeness (QED) is 0.793. The van der Waals surface area contributed by atoms with Gasteiger partial charge in [0, 0.05) is 23.7 Å². The average Bonchev–Trinajstić information content (AvgIpc) is 2.95. The van der Waals surface area contributed by atoms with Gasteiger partial charge < -0.3 is 15.0 Å². The van der Waals surface area contributed by atoms with Gasteiger partial charge >= 0.3 is 6.09 Å². The third-order valence-corrected chi connectivity index (χ3v) is 6.68. The molecule has 0 aromatic heterocycles. The fourth-order valence-electron chi connectivity index (χ4n) is 4.09. The molecule has 0 bridgehead atoms. The molecule has 0 aliphatic carbocycles. The lowest BCUT2D eigenvalue weighted by atomic mass is 9.86. The number of nitrogens with zero attached hydrogens (tertiary/aromatic N) is 1. The summed E-state index contributed by atoms with van der Waals surface area (Å²) in [5.41, 5.74) is 6.71. The molecule has 0 unspecified atom stereocenters. The second-order valence-electron chi connectivity index (χ2n) is 7.38. The van der Waals surface area contributed by atoms with Crippen molar-refractivity contribution in [3.63, 3.8) is 0 Å². The Morgan fingerprint density at radius 2 is 1.73 bits per heavy atom. The van der Waals surface area contributed by atoms with Crippen molar-refractivity contribution in [1.82, 2.24) is 10.2 Å². The number of benzene rings is 2. The molecule has 0 saturated carbocycles. The highest BCUT2D eigenvalue weighted by molar-refractivity contribution is 7.98. The van der Waals surface area contributed by atoms with E-state index >= 15 is 0 Å². The molecular formula is C24H26N2O3S. The predicted molar refractivity (Wildman–Crippen MR) is 119 cm³/mol. The molecule has 30 heavy (non-hydrogen) atoms. The van der Waals surface area contributed by atoms with Gasteiger partial charge in [-0.15, -0.1) is 11.8 Å². The van der Waals surface area contributed by atoms with E-state index in [1.54, 1.807) is 6.92 Å². The lowest BCUT2D eigenvalue weighted by Crippen LogP contribution is -2.43. The van der Waals surface area contributed by atoms with Gasteiger partial charge in [-0.3, -0.25) is 4.79 Å². The second-order valence-corrected chi connectivity index (χ2v) is 8.39. The molecule has 5 nitrogen and oxygen atoms in total. The lowest BCUT2D eigenvalue weighted by molar-refractivity contribution is -0.130. The zero-order valence-electron chi connectivity index (χ0n) is 17.1. The molecule has 2 heterocycles. The van der Waals surface area contributed by atoms with E-state index in [9.17, 15) is 9.59 Å². The third kappa shape index (κ3) is 4.38. The summed E-state index contributed by atoms with van der Waals surface area (Å²) in [5, 5.41) is 2.52. The first kappa shape index (κ1) is 20.5. The maximum absolute atomic E-state index is 12.5. The predicted octanol–water partition coefficient (Wildman–Crippen LogP) is 4.46. The molecule has 1 saturated heterocycles. The number of piperidine rings is 1. The Bertz CT molecular complexity index is 926. The van der Waals surface area contributed by atoms with Gasteiger partial charge in [0.15, 0.2) is 0 Å². The maximum atomic E-state index is 12.5. The molecule has 1 N–H and O–H groups in total. The molecule has 156 valence electrons. The Labute approximate surface area is 181 Å². The van der Waals surface area contributed by atoms with Crippen molar-refractivity contribution in [2.24, 2.45) is 0 Å². The van der Waals surface area contributed by atoms with Crippen molar-refractivity contribution in [3.05, 3.63) is 70.8 Å². The Morgan fingerprint density at radius 3 is 2.50 bits per heavy atom. The standard InChI is InChI=1S/C24H26N2O3S/c1-2-29-24(28)25-15-22(27)26-13-11-17(12-14-26)23-19-8-4-3-7-18(19)16-30-21-10-6-5-9-20(21)23/h3-10H,2,11-16H2,1H3,(H,25,28). The van der Waals surface area contributed by atoms with E-state index < -0.39 is 6.09 Å². The third-order valence-electron chi connectivity index (χ3n) is 5.56. The number of carbonyl (C=O) groups excluding carboxylic acids is 2. The van der Waals surface area contributed by atoms with Crippen LogP contribution in [0, 0.1) is 0 Å². The summed E-state index contributed by atoms with van der Waals surface area (Å²) in [6.45, 7) is 3.34. The number of hydrogen-bond donors (Lipinski definition) is 1. The van der Waals surface area contributed by atoms with Crippen molar-refractivity contribution < 1.29 is 14.3 Å². The number of thioether (sulfide) groups is 1. The van der Waals surface area contributed by atoms with Crippen LogP contribution in [0.3, 0.4) is 0 Å². The van der Waals surface area contributed by atoms with E-state index in [1.807, 2.05) is 16.7 Å². The summed E-state index contributed by atoms with van der Waals surface area (Å²) < 4.78 is 4.82. The number of likely N-dealkylation sites (tertiary alicyclic amines) is 1. The zero-order chi connectivity index (χ0) is 20.9. The summed E-state index contributed by atoms with van der Waals surface area (Å²) >= 11 is 1.89. The van der Waals surface area contributed by atoms with Crippen LogP contribution in [0.4, 0.5) is 4.79 Å². The lowest BCUT2D eigenvalue weighted by Gasteiger charge is -2.30. The number of fused-ring (bicyclic) bond motifs is 2. The maximum Gasteiger partial charge on any atom is 0.407 e. The molecule has 1 fully saturated rings. The normalized spacial score (nSPS) is 15.7. The molecular weight excluding hydrogens is 396 g/mol. The van der Waals surface area contributed by atoms with Gasteiger partial charge in [-0.25, -0.2) is 4.79 Å². The Balaban J connectivity index is 1.55. The van der Waals surface area contributed by atoms with E-state index in [2.05, 4.69) is 53.8 Å². The minimum absolute atomic E-state index is 0.0208. The molecule has 0 atom stereocenters. The SMILES string of the molecule is CCOC(=O)NCC(=O)N1CCC(=C2c3ccccc3CSc3ccccc32)CC1. The first-order valence-electron chi connectivity index (χ1n) is 10.4. The smallest absolute Gasteiger partial charge is 0.407 e. The minimum atomic E-state index is -0.546. The average molecular weight is 423 g/mol. The Kier molecular flexibility index (Phi) is 6.43. The molecule has 2 aliphatic rings. The Morgan fingerprint density at radius 1 is 1.03 bits per heavy atom. The summed E-state index contributed by atoms with van der Waals surface area (Å²) in [4.78, 5) is 27.1. The van der Waals surface area contributed by atoms with Crippen LogP contribution < -0.4 is 5.32 Å². The number of carbonyl (C=O) groups is 2. The molecule has 0 radical (unpaired) electrons. The molecule has 0 spiro atoms. The number of nitrogens with one attached hydrogen (secondary N) is 1. The largest absolute Gasteiger partial charge is 0.450 e. The van der Waals surface area contributed by atoms with Gasteiger partial charge in [0.05, 0.1) is 6.61 Å². The number of amides is 2. The molecule has 6 heteroatoms. The number of rotatable bonds is 3. The van der Waals surface area contributed by atoms with Crippen LogP contribution in [-0.2, 0) is 15.3 Å². The minimum Gasteiger partial charge on any atom is -0.450 e. The van der Waals surface area contributed by atoms with Crippen molar-refractivity contribution in [3.8, 4) is 0 Å². The van der Waals surface area contributed by atoms with Gasteiger partial charge in [-0.1, -0.05) is 48.0 Å². The van der Waals surface area contributed by atoms with Gasteiger partial charge in [0.25, 0.3) is 0 Å². The zero-order valence-corrected chi connectivity index (χ0v) is 18.0. The van der Waals surface area contributed by atoms with Gasteiger partial charge in [0.1, 0.15) is 6.54 Å². The summed E-state index contributed by atoms with van der Waals surface area (Å²) in [5.74, 6) is 0.901. The van der Waals surface area contributed by atoms with Crippen molar-refractivity contribution in [2.75, 3.05) is 26.2 Å². The van der Waals surface area contributed by atoms with Crippen molar-refractivity contribution in [2.45, 2.75) is 30.4 Å². The topological polar surface area (TPSA) is 58.6 Å². The van der Waals surface area contributed by atoms with E-state index in [1.165, 1.54) is 32.7 Å². The van der Waals surface area contributed by atoms with Gasteiger partial charge in [0.2, 0.25) is 5.91 Å². The van der Waals surface area contributed by atoms with Crippen molar-refractivity contribution in [1.29, 1.82) is 0 Å². The van der Waals surface area contributed by atoms with Crippen LogP contribution in [0.2, 0.25) is 0 Å². The molecule has 2 aliphatic heterocycles. The van der Waals surface area contributed by atoms with Gasteiger partial charge in [-0.05, 0) is 48.1 Å². The van der Waals surface area contributed by atoms with E-state index in [-0.39, 0.29) is 12.5 Å². The van der Waals surface area contributed by atoms with Crippen LogP contribution in [-0.4, -0.2) is 43.1 Å². The number of hydrogen-bond acceptors (Lipinski definition) is 4. The Hall–Kier alpha value is -2.73. The number of ether oxygens (including phenoxy) is 1. The van der Waals surface area contributed by atoms with E-state index in [4.69, 9.17) is 4.74 Å². The van der Waals surface area contributed by atoms with E-state index in [0.717, 1.165) is 18.6 Å².